The summed E-state index contributed by atoms with van der Waals surface area (Å²) in [6, 6.07) is 0.570. The van der Waals surface area contributed by atoms with Crippen LogP contribution in [0.4, 0.5) is 0 Å². The normalized spacial score (nSPS) is 25.1. The quantitative estimate of drug-likeness (QED) is 0.653. The number of nitrogens with two attached hydrogens (primary N) is 1. The maximum Gasteiger partial charge on any atom is 0.246 e. The Labute approximate surface area is 174 Å². The Morgan fingerprint density at radius 2 is 2.11 bits per heavy atom. The van der Waals surface area contributed by atoms with Crippen molar-refractivity contribution in [1.29, 1.82) is 0 Å². The molecule has 2 aliphatic rings. The Balaban J connectivity index is 0.00000225. The molecule has 2 aliphatic carbocycles. The number of primary amides is 1. The smallest absolute Gasteiger partial charge is 0.246 e. The van der Waals surface area contributed by atoms with Gasteiger partial charge < -0.3 is 20.9 Å². The second kappa shape index (κ2) is 8.90. The fraction of sp³-hybridized carbons (Fsp3) is 0.632. The molecular weight excluding hydrogens is 400 g/mol. The van der Waals surface area contributed by atoms with E-state index in [1.54, 1.807) is 17.7 Å². The third-order valence-electron chi connectivity index (χ3n) is 5.89. The van der Waals surface area contributed by atoms with Gasteiger partial charge in [0.1, 0.15) is 23.4 Å². The van der Waals surface area contributed by atoms with Gasteiger partial charge in [-0.25, -0.2) is 9.97 Å². The molecule has 0 spiro atoms. The summed E-state index contributed by atoms with van der Waals surface area (Å²) in [5.74, 6) is 0.0625. The predicted molar refractivity (Wildman–Crippen MR) is 111 cm³/mol. The summed E-state index contributed by atoms with van der Waals surface area (Å²) in [7, 11) is 2.01. The molecule has 1 saturated carbocycles. The topological polar surface area (TPSA) is 110 Å². The first kappa shape index (κ1) is 21.2. The summed E-state index contributed by atoms with van der Waals surface area (Å²) < 4.78 is 6.32. The number of nitrogens with zero attached hydrogens (tertiary/aromatic N) is 2. The minimum absolute atomic E-state index is 0. The third kappa shape index (κ3) is 4.10. The van der Waals surface area contributed by atoms with Gasteiger partial charge in [-0.2, -0.15) is 0 Å². The first-order valence-electron chi connectivity index (χ1n) is 9.64. The van der Waals surface area contributed by atoms with Crippen LogP contribution >= 0.6 is 23.7 Å². The molecule has 0 aliphatic heterocycles. The molecule has 0 aromatic carbocycles. The number of fused-ring (bicyclic) bond motifs is 3. The lowest BCUT2D eigenvalue weighted by atomic mass is 9.93. The molecule has 2 atom stereocenters. The molecule has 0 bridgehead atoms. The van der Waals surface area contributed by atoms with Gasteiger partial charge in [0.2, 0.25) is 11.8 Å². The summed E-state index contributed by atoms with van der Waals surface area (Å²) in [5, 5.41) is 14.3. The minimum atomic E-state index is -1.12. The highest BCUT2D eigenvalue weighted by Crippen LogP contribution is 2.47. The van der Waals surface area contributed by atoms with E-state index in [1.165, 1.54) is 4.88 Å². The number of carbonyl (C=O) groups is 1. The summed E-state index contributed by atoms with van der Waals surface area (Å²) in [6.45, 7) is 0. The molecule has 2 aromatic rings. The predicted octanol–water partition coefficient (Wildman–Crippen LogP) is 2.29. The molecular formula is C19H27ClN4O3S. The van der Waals surface area contributed by atoms with E-state index in [-0.39, 0.29) is 24.4 Å². The number of ether oxygens (including phenoxy) is 1. The van der Waals surface area contributed by atoms with Crippen molar-refractivity contribution in [2.75, 3.05) is 7.05 Å². The Morgan fingerprint density at radius 1 is 1.36 bits per heavy atom. The lowest BCUT2D eigenvalue weighted by Crippen LogP contribution is -2.34. The Kier molecular flexibility index (Phi) is 6.75. The van der Waals surface area contributed by atoms with Gasteiger partial charge in [-0.3, -0.25) is 4.79 Å². The first-order valence-corrected chi connectivity index (χ1v) is 10.5. The van der Waals surface area contributed by atoms with Crippen molar-refractivity contribution in [3.63, 3.8) is 0 Å². The molecule has 7 nitrogen and oxygen atoms in total. The molecule has 9 heteroatoms. The lowest BCUT2D eigenvalue weighted by Gasteiger charge is -2.28. The van der Waals surface area contributed by atoms with Crippen molar-refractivity contribution in [3.05, 3.63) is 16.8 Å². The van der Waals surface area contributed by atoms with E-state index in [2.05, 4.69) is 15.3 Å². The van der Waals surface area contributed by atoms with Crippen LogP contribution in [0, 0.1) is 0 Å². The van der Waals surface area contributed by atoms with Crippen LogP contribution in [-0.2, 0) is 11.2 Å². The molecule has 154 valence electrons. The average Bonchev–Trinajstić information content (AvgIpc) is 3.22. The SMILES string of the molecule is CNC1CCC(Oc2ncnc3sc4c(c23)[C@@H](C[C@H](O)C(N)=O)CC4)CC1.Cl. The Hall–Kier alpha value is -1.48. The number of aryl methyl sites for hydroxylation is 1. The number of nitrogens with one attached hydrogen (secondary N) is 1. The van der Waals surface area contributed by atoms with E-state index in [0.29, 0.717) is 18.3 Å². The average molecular weight is 427 g/mol. The standard InChI is InChI=1S/C19H26N4O3S.ClH/c1-21-11-3-5-12(6-4-11)26-18-16-15-10(8-13(24)17(20)25)2-7-14(15)27-19(16)23-9-22-18;/h9-13,21,24H,2-8H2,1H3,(H2,20,25);1H/t10-,11?,12?,13+;/m1./s1. The van der Waals surface area contributed by atoms with Crippen LogP contribution in [0.2, 0.25) is 0 Å². The molecule has 4 N–H and O–H groups in total. The second-order valence-electron chi connectivity index (χ2n) is 7.57. The molecule has 0 saturated heterocycles. The van der Waals surface area contributed by atoms with Crippen molar-refractivity contribution in [1.82, 2.24) is 15.3 Å². The van der Waals surface area contributed by atoms with Crippen LogP contribution < -0.4 is 15.8 Å². The van der Waals surface area contributed by atoms with Crippen LogP contribution in [0.15, 0.2) is 6.33 Å². The number of amides is 1. The van der Waals surface area contributed by atoms with Crippen molar-refractivity contribution < 1.29 is 14.6 Å². The van der Waals surface area contributed by atoms with Crippen LogP contribution in [0.1, 0.15) is 54.9 Å². The van der Waals surface area contributed by atoms with E-state index < -0.39 is 12.0 Å². The van der Waals surface area contributed by atoms with Gasteiger partial charge in [0.25, 0.3) is 0 Å². The van der Waals surface area contributed by atoms with Crippen molar-refractivity contribution in [2.24, 2.45) is 5.73 Å². The van der Waals surface area contributed by atoms with Gasteiger partial charge in [-0.05, 0) is 63.5 Å². The highest BCUT2D eigenvalue weighted by molar-refractivity contribution is 7.19. The number of aromatic nitrogens is 2. The minimum Gasteiger partial charge on any atom is -0.474 e. The van der Waals surface area contributed by atoms with Crippen molar-refractivity contribution in [3.8, 4) is 5.88 Å². The molecule has 0 radical (unpaired) electrons. The van der Waals surface area contributed by atoms with E-state index in [4.69, 9.17) is 10.5 Å². The number of aliphatic hydroxyl groups is 1. The van der Waals surface area contributed by atoms with E-state index in [0.717, 1.165) is 54.3 Å². The zero-order chi connectivity index (χ0) is 19.0. The lowest BCUT2D eigenvalue weighted by molar-refractivity contribution is -0.126. The molecule has 0 unspecified atom stereocenters. The van der Waals surface area contributed by atoms with Crippen molar-refractivity contribution >= 4 is 39.9 Å². The zero-order valence-electron chi connectivity index (χ0n) is 15.9. The fourth-order valence-corrected chi connectivity index (χ4v) is 5.61. The summed E-state index contributed by atoms with van der Waals surface area (Å²) >= 11 is 1.67. The third-order valence-corrected chi connectivity index (χ3v) is 7.07. The highest BCUT2D eigenvalue weighted by atomic mass is 35.5. The van der Waals surface area contributed by atoms with Crippen LogP contribution in [0.3, 0.4) is 0 Å². The van der Waals surface area contributed by atoms with Crippen LogP contribution in [0.5, 0.6) is 5.88 Å². The number of halogens is 1. The number of hydrogen-bond acceptors (Lipinski definition) is 7. The first-order chi connectivity index (χ1) is 13.1. The second-order valence-corrected chi connectivity index (χ2v) is 8.65. The van der Waals surface area contributed by atoms with Crippen LogP contribution in [-0.4, -0.2) is 46.3 Å². The molecule has 28 heavy (non-hydrogen) atoms. The number of aliphatic hydroxyl groups excluding tert-OH is 1. The Morgan fingerprint density at radius 3 is 2.79 bits per heavy atom. The van der Waals surface area contributed by atoms with Gasteiger partial charge in [0.05, 0.1) is 5.39 Å². The van der Waals surface area contributed by atoms with Gasteiger partial charge in [-0.1, -0.05) is 0 Å². The zero-order valence-corrected chi connectivity index (χ0v) is 17.5. The van der Waals surface area contributed by atoms with Gasteiger partial charge >= 0.3 is 0 Å². The summed E-state index contributed by atoms with van der Waals surface area (Å²) in [4.78, 5) is 22.4. The molecule has 4 rings (SSSR count). The highest BCUT2D eigenvalue weighted by Gasteiger charge is 2.33. The molecule has 1 amide bonds. The molecule has 2 aromatic heterocycles. The largest absolute Gasteiger partial charge is 0.474 e. The van der Waals surface area contributed by atoms with Gasteiger partial charge in [0.15, 0.2) is 0 Å². The van der Waals surface area contributed by atoms with Crippen molar-refractivity contribution in [2.45, 2.75) is 69.1 Å². The van der Waals surface area contributed by atoms with E-state index in [9.17, 15) is 9.90 Å². The molecule has 1 fully saturated rings. The summed E-state index contributed by atoms with van der Waals surface area (Å²) in [5.41, 5.74) is 6.41. The number of hydrogen-bond donors (Lipinski definition) is 3. The maximum absolute atomic E-state index is 11.3. The van der Waals surface area contributed by atoms with Gasteiger partial charge in [0, 0.05) is 10.9 Å². The van der Waals surface area contributed by atoms with Gasteiger partial charge in [-0.15, -0.1) is 23.7 Å². The van der Waals surface area contributed by atoms with E-state index >= 15 is 0 Å². The Bertz CT molecular complexity index is 838. The number of carbonyl (C=O) groups excluding carboxylic acids is 1. The summed E-state index contributed by atoms with van der Waals surface area (Å²) in [6.07, 6.45) is 7.00. The van der Waals surface area contributed by atoms with Crippen LogP contribution in [0.25, 0.3) is 10.2 Å². The van der Waals surface area contributed by atoms with E-state index in [1.807, 2.05) is 7.05 Å². The maximum atomic E-state index is 11.3. The molecule has 2 heterocycles. The number of rotatable bonds is 6. The number of thiophene rings is 1. The monoisotopic (exact) mass is 426 g/mol. The fourth-order valence-electron chi connectivity index (χ4n) is 4.38.